The summed E-state index contributed by atoms with van der Waals surface area (Å²) in [5.41, 5.74) is 0.733. The van der Waals surface area contributed by atoms with Gasteiger partial charge in [-0.2, -0.15) is 0 Å². The second kappa shape index (κ2) is 11.3. The van der Waals surface area contributed by atoms with Gasteiger partial charge in [-0.05, 0) is 51.1 Å². The van der Waals surface area contributed by atoms with Crippen molar-refractivity contribution in [1.82, 2.24) is 19.6 Å². The third-order valence-corrected chi connectivity index (χ3v) is 6.43. The molecule has 8 heteroatoms. The van der Waals surface area contributed by atoms with Crippen molar-refractivity contribution >= 4 is 10.0 Å². The van der Waals surface area contributed by atoms with E-state index in [1.165, 1.54) is 0 Å². The van der Waals surface area contributed by atoms with E-state index in [-0.39, 0.29) is 10.4 Å². The van der Waals surface area contributed by atoms with Crippen LogP contribution in [0.25, 0.3) is 0 Å². The molecule has 1 heterocycles. The molecule has 0 aliphatic rings. The molecule has 0 spiro atoms. The van der Waals surface area contributed by atoms with E-state index in [4.69, 9.17) is 4.74 Å². The maximum atomic E-state index is 12.3. The van der Waals surface area contributed by atoms with Gasteiger partial charge in [-0.25, -0.2) is 18.1 Å². The molecule has 2 N–H and O–H groups in total. The molecular weight excluding hydrogens is 424 g/mol. The zero-order chi connectivity index (χ0) is 22.9. The summed E-state index contributed by atoms with van der Waals surface area (Å²) in [4.78, 5) is 4.66. The lowest BCUT2D eigenvalue weighted by molar-refractivity contribution is 0.207. The SMILES string of the molecule is CC(C)(COc1ccccc1)NCCCn1cnc(CCNS(=O)(=O)c2ccccc2)c1. The van der Waals surface area contributed by atoms with Crippen molar-refractivity contribution in [2.45, 2.75) is 43.7 Å². The van der Waals surface area contributed by atoms with E-state index >= 15 is 0 Å². The molecule has 0 aliphatic carbocycles. The number of benzene rings is 2. The Morgan fingerprint density at radius 1 is 1.00 bits per heavy atom. The number of hydrogen-bond donors (Lipinski definition) is 2. The van der Waals surface area contributed by atoms with Crippen LogP contribution in [0.2, 0.25) is 0 Å². The highest BCUT2D eigenvalue weighted by Crippen LogP contribution is 2.12. The van der Waals surface area contributed by atoms with Crippen LogP contribution in [0.1, 0.15) is 26.0 Å². The number of sulfonamides is 1. The van der Waals surface area contributed by atoms with E-state index < -0.39 is 10.0 Å². The van der Waals surface area contributed by atoms with Gasteiger partial charge in [-0.15, -0.1) is 0 Å². The van der Waals surface area contributed by atoms with E-state index in [1.54, 1.807) is 36.7 Å². The van der Waals surface area contributed by atoms with Crippen LogP contribution < -0.4 is 14.8 Å². The van der Waals surface area contributed by atoms with Gasteiger partial charge in [0.1, 0.15) is 12.4 Å². The van der Waals surface area contributed by atoms with Gasteiger partial charge in [0, 0.05) is 31.2 Å². The average molecular weight is 457 g/mol. The van der Waals surface area contributed by atoms with E-state index in [0.29, 0.717) is 19.6 Å². The topological polar surface area (TPSA) is 85.2 Å². The van der Waals surface area contributed by atoms with Crippen LogP contribution in [0.3, 0.4) is 0 Å². The number of para-hydroxylation sites is 1. The van der Waals surface area contributed by atoms with Gasteiger partial charge in [0.15, 0.2) is 0 Å². The van der Waals surface area contributed by atoms with Crippen molar-refractivity contribution in [2.75, 3.05) is 19.7 Å². The van der Waals surface area contributed by atoms with Gasteiger partial charge in [-0.3, -0.25) is 0 Å². The Morgan fingerprint density at radius 3 is 2.41 bits per heavy atom. The highest BCUT2D eigenvalue weighted by Gasteiger charge is 2.17. The maximum absolute atomic E-state index is 12.3. The molecule has 32 heavy (non-hydrogen) atoms. The molecule has 0 bridgehead atoms. The lowest BCUT2D eigenvalue weighted by atomic mass is 10.1. The van der Waals surface area contributed by atoms with E-state index in [1.807, 2.05) is 41.1 Å². The first-order valence-electron chi connectivity index (χ1n) is 10.8. The average Bonchev–Trinajstić information content (AvgIpc) is 3.24. The molecule has 0 fully saturated rings. The number of nitrogens with one attached hydrogen (secondary N) is 2. The second-order valence-corrected chi connectivity index (χ2v) is 10.1. The van der Waals surface area contributed by atoms with Crippen molar-refractivity contribution in [3.8, 4) is 5.75 Å². The molecule has 2 aromatic carbocycles. The summed E-state index contributed by atoms with van der Waals surface area (Å²) in [7, 11) is -3.48. The van der Waals surface area contributed by atoms with Crippen LogP contribution in [-0.4, -0.2) is 43.2 Å². The smallest absolute Gasteiger partial charge is 0.240 e. The summed E-state index contributed by atoms with van der Waals surface area (Å²) in [6, 6.07) is 18.2. The fourth-order valence-corrected chi connectivity index (χ4v) is 4.23. The zero-order valence-corrected chi connectivity index (χ0v) is 19.5. The fraction of sp³-hybridized carbons (Fsp3) is 0.375. The third kappa shape index (κ3) is 7.78. The highest BCUT2D eigenvalue weighted by molar-refractivity contribution is 7.89. The molecule has 0 unspecified atom stereocenters. The molecule has 3 aromatic rings. The first-order valence-corrected chi connectivity index (χ1v) is 12.3. The van der Waals surface area contributed by atoms with E-state index in [0.717, 1.165) is 31.0 Å². The number of imidazole rings is 1. The Morgan fingerprint density at radius 2 is 1.69 bits per heavy atom. The van der Waals surface area contributed by atoms with Crippen molar-refractivity contribution < 1.29 is 13.2 Å². The van der Waals surface area contributed by atoms with E-state index in [2.05, 4.69) is 28.9 Å². The largest absolute Gasteiger partial charge is 0.492 e. The molecule has 0 saturated heterocycles. The van der Waals surface area contributed by atoms with Crippen molar-refractivity contribution in [1.29, 1.82) is 0 Å². The Bertz CT molecular complexity index is 1050. The minimum atomic E-state index is -3.48. The minimum absolute atomic E-state index is 0.133. The van der Waals surface area contributed by atoms with Crippen LogP contribution in [-0.2, 0) is 23.0 Å². The molecule has 1 aromatic heterocycles. The molecule has 3 rings (SSSR count). The van der Waals surface area contributed by atoms with Crippen molar-refractivity contribution in [3.05, 3.63) is 78.9 Å². The monoisotopic (exact) mass is 456 g/mol. The lowest BCUT2D eigenvalue weighted by Gasteiger charge is -2.26. The summed E-state index contributed by atoms with van der Waals surface area (Å²) < 4.78 is 35.0. The molecule has 0 amide bonds. The number of nitrogens with zero attached hydrogens (tertiary/aromatic N) is 2. The number of aromatic nitrogens is 2. The zero-order valence-electron chi connectivity index (χ0n) is 18.7. The minimum Gasteiger partial charge on any atom is -0.492 e. The number of ether oxygens (including phenoxy) is 1. The summed E-state index contributed by atoms with van der Waals surface area (Å²) >= 11 is 0. The van der Waals surface area contributed by atoms with Gasteiger partial charge in [0.05, 0.1) is 16.9 Å². The first kappa shape index (κ1) is 24.0. The Balaban J connectivity index is 1.34. The van der Waals surface area contributed by atoms with Crippen LogP contribution in [0.15, 0.2) is 78.1 Å². The molecule has 0 radical (unpaired) electrons. The van der Waals surface area contributed by atoms with Crippen molar-refractivity contribution in [2.24, 2.45) is 0 Å². The van der Waals surface area contributed by atoms with Crippen LogP contribution in [0.4, 0.5) is 0 Å². The number of rotatable bonds is 13. The molecule has 172 valence electrons. The molecule has 0 aliphatic heterocycles. The number of hydrogen-bond acceptors (Lipinski definition) is 5. The van der Waals surface area contributed by atoms with Crippen LogP contribution in [0.5, 0.6) is 5.75 Å². The first-order chi connectivity index (χ1) is 15.3. The van der Waals surface area contributed by atoms with Gasteiger partial charge < -0.3 is 14.6 Å². The summed E-state index contributed by atoms with van der Waals surface area (Å²) in [5.74, 6) is 0.874. The van der Waals surface area contributed by atoms with Crippen LogP contribution >= 0.6 is 0 Å². The van der Waals surface area contributed by atoms with Gasteiger partial charge >= 0.3 is 0 Å². The van der Waals surface area contributed by atoms with Crippen molar-refractivity contribution in [3.63, 3.8) is 0 Å². The van der Waals surface area contributed by atoms with Crippen LogP contribution in [0, 0.1) is 0 Å². The summed E-state index contributed by atoms with van der Waals surface area (Å²) in [6.07, 6.45) is 5.26. The van der Waals surface area contributed by atoms with E-state index in [9.17, 15) is 8.42 Å². The predicted molar refractivity (Wildman–Crippen MR) is 126 cm³/mol. The lowest BCUT2D eigenvalue weighted by Crippen LogP contribution is -2.45. The molecular formula is C24H32N4O3S. The molecule has 0 atom stereocenters. The Labute approximate surface area is 190 Å². The maximum Gasteiger partial charge on any atom is 0.240 e. The quantitative estimate of drug-likeness (QED) is 0.386. The normalized spacial score (nSPS) is 12.1. The number of aryl methyl sites for hydroxylation is 1. The highest BCUT2D eigenvalue weighted by atomic mass is 32.2. The second-order valence-electron chi connectivity index (χ2n) is 8.33. The third-order valence-electron chi connectivity index (χ3n) is 4.95. The Hall–Kier alpha value is -2.68. The predicted octanol–water partition coefficient (Wildman–Crippen LogP) is 3.24. The summed E-state index contributed by atoms with van der Waals surface area (Å²) in [5, 5.41) is 3.54. The van der Waals surface area contributed by atoms with Gasteiger partial charge in [0.25, 0.3) is 0 Å². The molecule has 0 saturated carbocycles. The Kier molecular flexibility index (Phi) is 8.44. The molecule has 7 nitrogen and oxygen atoms in total. The summed E-state index contributed by atoms with van der Waals surface area (Å²) in [6.45, 7) is 6.85. The standard InChI is InChI=1S/C24H32N4O3S/c1-24(2,19-31-22-10-5-3-6-11-22)26-15-9-17-28-18-21(25-20-28)14-16-27-32(29,30)23-12-7-4-8-13-23/h3-8,10-13,18,20,26-27H,9,14-17,19H2,1-2H3. The van der Waals surface area contributed by atoms with Gasteiger partial charge in [0.2, 0.25) is 10.0 Å². The fourth-order valence-electron chi connectivity index (χ4n) is 3.17. The van der Waals surface area contributed by atoms with Gasteiger partial charge in [-0.1, -0.05) is 36.4 Å².